The first-order valence-electron chi connectivity index (χ1n) is 6.45. The molecule has 3 rings (SSSR count). The van der Waals surface area contributed by atoms with Crippen LogP contribution in [0.25, 0.3) is 6.08 Å². The van der Waals surface area contributed by atoms with Crippen LogP contribution in [0.1, 0.15) is 37.7 Å². The molecule has 0 radical (unpaired) electrons. The van der Waals surface area contributed by atoms with Crippen LogP contribution in [0.3, 0.4) is 0 Å². The number of thiocarbonyl (C=S) groups is 1. The van der Waals surface area contributed by atoms with Crippen molar-refractivity contribution in [1.29, 1.82) is 0 Å². The van der Waals surface area contributed by atoms with E-state index >= 15 is 0 Å². The molecule has 0 aromatic carbocycles. The summed E-state index contributed by atoms with van der Waals surface area (Å²) in [6, 6.07) is 3.94. The molecule has 5 heteroatoms. The molecule has 0 N–H and O–H groups in total. The van der Waals surface area contributed by atoms with Crippen molar-refractivity contribution in [3.05, 3.63) is 28.6 Å². The van der Waals surface area contributed by atoms with E-state index in [-0.39, 0.29) is 5.91 Å². The number of hydrogen-bond acceptors (Lipinski definition) is 4. The molecule has 2 aliphatic rings. The van der Waals surface area contributed by atoms with Crippen LogP contribution >= 0.6 is 24.0 Å². The zero-order chi connectivity index (χ0) is 13.6. The number of amides is 1. The molecule has 1 aliphatic heterocycles. The summed E-state index contributed by atoms with van der Waals surface area (Å²) in [7, 11) is 0. The van der Waals surface area contributed by atoms with Crippen molar-refractivity contribution in [3.63, 3.8) is 0 Å². The van der Waals surface area contributed by atoms with E-state index in [0.29, 0.717) is 21.7 Å². The van der Waals surface area contributed by atoms with Crippen LogP contribution in [-0.2, 0) is 4.79 Å². The van der Waals surface area contributed by atoms with Crippen molar-refractivity contribution in [1.82, 2.24) is 4.90 Å². The Balaban J connectivity index is 1.80. The third kappa shape index (κ3) is 2.37. The lowest BCUT2D eigenvalue weighted by molar-refractivity contribution is -0.121. The molecule has 1 aromatic heterocycles. The number of furan rings is 1. The van der Waals surface area contributed by atoms with Gasteiger partial charge in [-0.05, 0) is 31.4 Å². The van der Waals surface area contributed by atoms with Gasteiger partial charge in [-0.25, -0.2) is 0 Å². The van der Waals surface area contributed by atoms with E-state index in [2.05, 4.69) is 6.92 Å². The quantitative estimate of drug-likeness (QED) is 0.629. The summed E-state index contributed by atoms with van der Waals surface area (Å²) in [5.74, 6) is 3.04. The number of rotatable bonds is 3. The predicted octanol–water partition coefficient (Wildman–Crippen LogP) is 3.62. The average molecular weight is 293 g/mol. The first kappa shape index (κ1) is 12.9. The Hall–Kier alpha value is -1.07. The van der Waals surface area contributed by atoms with Gasteiger partial charge in [-0.2, -0.15) is 0 Å². The highest BCUT2D eigenvalue weighted by molar-refractivity contribution is 8.26. The fourth-order valence-electron chi connectivity index (χ4n) is 2.27. The lowest BCUT2D eigenvalue weighted by Gasteiger charge is -2.09. The molecule has 1 saturated carbocycles. The number of thioether (sulfide) groups is 1. The molecule has 19 heavy (non-hydrogen) atoms. The average Bonchev–Trinajstić information content (AvgIpc) is 2.83. The first-order chi connectivity index (χ1) is 9.10. The van der Waals surface area contributed by atoms with Crippen molar-refractivity contribution >= 4 is 40.3 Å². The van der Waals surface area contributed by atoms with E-state index in [1.54, 1.807) is 11.0 Å². The van der Waals surface area contributed by atoms with Crippen LogP contribution in [0.4, 0.5) is 0 Å². The Morgan fingerprint density at radius 3 is 2.89 bits per heavy atom. The van der Waals surface area contributed by atoms with Gasteiger partial charge >= 0.3 is 0 Å². The Kier molecular flexibility index (Phi) is 3.27. The summed E-state index contributed by atoms with van der Waals surface area (Å²) in [6.07, 6.45) is 3.00. The lowest BCUT2D eigenvalue weighted by atomic mass is 10.3. The van der Waals surface area contributed by atoms with Gasteiger partial charge in [0.15, 0.2) is 0 Å². The van der Waals surface area contributed by atoms with Crippen LogP contribution < -0.4 is 0 Å². The zero-order valence-corrected chi connectivity index (χ0v) is 12.5. The standard InChI is InChI=1S/C14H15NO2S2/c1-3-15-13(16)12(19-14(15)18)7-9-4-5-11(17-9)10-6-8(10)2/h4-5,7-8,10H,3,6H2,1-2H3/b12-7-/t8-,10-/m1/s1. The minimum atomic E-state index is -0.0183. The summed E-state index contributed by atoms with van der Waals surface area (Å²) in [5, 5.41) is 0. The summed E-state index contributed by atoms with van der Waals surface area (Å²) in [5.41, 5.74) is 0. The summed E-state index contributed by atoms with van der Waals surface area (Å²) in [4.78, 5) is 14.3. The molecule has 0 spiro atoms. The molecular formula is C14H15NO2S2. The summed E-state index contributed by atoms with van der Waals surface area (Å²) in [6.45, 7) is 4.76. The fourth-order valence-corrected chi connectivity index (χ4v) is 3.63. The van der Waals surface area contributed by atoms with Crippen LogP contribution in [0.2, 0.25) is 0 Å². The van der Waals surface area contributed by atoms with E-state index in [1.165, 1.54) is 18.2 Å². The smallest absolute Gasteiger partial charge is 0.266 e. The lowest BCUT2D eigenvalue weighted by Crippen LogP contribution is -2.27. The molecule has 100 valence electrons. The van der Waals surface area contributed by atoms with Gasteiger partial charge in [-0.1, -0.05) is 30.9 Å². The minimum absolute atomic E-state index is 0.0183. The van der Waals surface area contributed by atoms with E-state index in [1.807, 2.05) is 19.1 Å². The molecule has 1 aliphatic carbocycles. The number of hydrogen-bond donors (Lipinski definition) is 0. The third-order valence-electron chi connectivity index (χ3n) is 3.59. The molecule has 0 unspecified atom stereocenters. The fraction of sp³-hybridized carbons (Fsp3) is 0.429. The molecule has 1 saturated heterocycles. The van der Waals surface area contributed by atoms with Crippen molar-refractivity contribution in [3.8, 4) is 0 Å². The highest BCUT2D eigenvalue weighted by Gasteiger charge is 2.36. The van der Waals surface area contributed by atoms with Crippen molar-refractivity contribution in [2.75, 3.05) is 6.54 Å². The molecule has 2 heterocycles. The highest BCUT2D eigenvalue weighted by atomic mass is 32.2. The van der Waals surface area contributed by atoms with Gasteiger partial charge < -0.3 is 4.42 Å². The number of carbonyl (C=O) groups excluding carboxylic acids is 1. The first-order valence-corrected chi connectivity index (χ1v) is 7.67. The van der Waals surface area contributed by atoms with Gasteiger partial charge in [0, 0.05) is 18.5 Å². The molecule has 0 bridgehead atoms. The van der Waals surface area contributed by atoms with Crippen LogP contribution in [0, 0.1) is 5.92 Å². The predicted molar refractivity (Wildman–Crippen MR) is 80.8 cm³/mol. The number of nitrogens with zero attached hydrogens (tertiary/aromatic N) is 1. The maximum atomic E-state index is 12.1. The highest BCUT2D eigenvalue weighted by Crippen LogP contribution is 2.47. The third-order valence-corrected chi connectivity index (χ3v) is 4.96. The molecule has 3 nitrogen and oxygen atoms in total. The van der Waals surface area contributed by atoms with Crippen molar-refractivity contribution in [2.24, 2.45) is 5.92 Å². The van der Waals surface area contributed by atoms with Gasteiger partial charge in [0.25, 0.3) is 5.91 Å². The van der Waals surface area contributed by atoms with Gasteiger partial charge in [-0.3, -0.25) is 9.69 Å². The Bertz CT molecular complexity index is 576. The zero-order valence-electron chi connectivity index (χ0n) is 10.9. The molecule has 2 fully saturated rings. The summed E-state index contributed by atoms with van der Waals surface area (Å²) < 4.78 is 6.41. The van der Waals surface area contributed by atoms with Gasteiger partial charge in [0.2, 0.25) is 0 Å². The second kappa shape index (κ2) is 4.80. The Morgan fingerprint density at radius 1 is 1.58 bits per heavy atom. The number of carbonyl (C=O) groups is 1. The minimum Gasteiger partial charge on any atom is -0.461 e. The van der Waals surface area contributed by atoms with E-state index in [9.17, 15) is 4.79 Å². The maximum Gasteiger partial charge on any atom is 0.266 e. The second-order valence-corrected chi connectivity index (χ2v) is 6.66. The normalized spacial score (nSPS) is 28.5. The van der Waals surface area contributed by atoms with Gasteiger partial charge in [0.05, 0.1) is 4.91 Å². The Morgan fingerprint density at radius 2 is 2.32 bits per heavy atom. The molecule has 2 atom stereocenters. The van der Waals surface area contributed by atoms with Crippen LogP contribution in [0.5, 0.6) is 0 Å². The second-order valence-electron chi connectivity index (χ2n) is 4.99. The number of likely N-dealkylation sites (N-methyl/N-ethyl adjacent to an activating group) is 1. The Labute approximate surface area is 122 Å². The van der Waals surface area contributed by atoms with Crippen LogP contribution in [-0.4, -0.2) is 21.7 Å². The topological polar surface area (TPSA) is 33.5 Å². The van der Waals surface area contributed by atoms with Crippen molar-refractivity contribution in [2.45, 2.75) is 26.2 Å². The largest absolute Gasteiger partial charge is 0.461 e. The maximum absolute atomic E-state index is 12.1. The molecule has 1 aromatic rings. The van der Waals surface area contributed by atoms with Crippen molar-refractivity contribution < 1.29 is 9.21 Å². The monoisotopic (exact) mass is 293 g/mol. The van der Waals surface area contributed by atoms with E-state index in [0.717, 1.165) is 17.4 Å². The molecule has 1 amide bonds. The van der Waals surface area contributed by atoms with E-state index in [4.69, 9.17) is 16.6 Å². The van der Waals surface area contributed by atoms with Gasteiger partial charge in [0.1, 0.15) is 15.8 Å². The summed E-state index contributed by atoms with van der Waals surface area (Å²) >= 11 is 6.52. The van der Waals surface area contributed by atoms with Crippen LogP contribution in [0.15, 0.2) is 21.5 Å². The molecular weight excluding hydrogens is 278 g/mol. The SMILES string of the molecule is CCN1C(=O)/C(=C/c2ccc([C@@H]3C[C@H]3C)o2)SC1=S. The van der Waals surface area contributed by atoms with E-state index < -0.39 is 0 Å². The van der Waals surface area contributed by atoms with Gasteiger partial charge in [-0.15, -0.1) is 0 Å².